The Kier molecular flexibility index (Phi) is 4.10. The SMILES string of the molecule is S=c1ncc2c([nH]1)CCN(Cc1ccc(N3CCCC3)nc1)C2. The number of fused-ring (bicyclic) bond motifs is 1. The number of aromatic nitrogens is 3. The van der Waals surface area contributed by atoms with E-state index in [1.807, 2.05) is 12.4 Å². The molecule has 5 nitrogen and oxygen atoms in total. The van der Waals surface area contributed by atoms with Gasteiger partial charge in [-0.1, -0.05) is 6.07 Å². The highest BCUT2D eigenvalue weighted by atomic mass is 32.1. The molecule has 120 valence electrons. The molecule has 0 saturated carbocycles. The summed E-state index contributed by atoms with van der Waals surface area (Å²) in [6.07, 6.45) is 7.51. The third-order valence-corrected chi connectivity index (χ3v) is 4.91. The molecule has 23 heavy (non-hydrogen) atoms. The van der Waals surface area contributed by atoms with Crippen LogP contribution < -0.4 is 4.90 Å². The van der Waals surface area contributed by atoms with Crippen LogP contribution in [-0.4, -0.2) is 39.5 Å². The van der Waals surface area contributed by atoms with Crippen molar-refractivity contribution in [2.75, 3.05) is 24.5 Å². The van der Waals surface area contributed by atoms with Gasteiger partial charge in [0.2, 0.25) is 0 Å². The van der Waals surface area contributed by atoms with E-state index in [1.54, 1.807) is 0 Å². The summed E-state index contributed by atoms with van der Waals surface area (Å²) in [7, 11) is 0. The van der Waals surface area contributed by atoms with Gasteiger partial charge in [0, 0.05) is 62.8 Å². The molecular formula is C17H21N5S. The molecule has 1 saturated heterocycles. The Bertz CT molecular complexity index is 733. The van der Waals surface area contributed by atoms with Crippen LogP contribution in [0.15, 0.2) is 24.5 Å². The molecule has 0 amide bonds. The standard InChI is InChI=1S/C17H21N5S/c23-17-19-10-14-12-21(8-5-15(14)20-17)11-13-3-4-16(18-9-13)22-6-1-2-7-22/h3-4,9-10H,1-2,5-8,11-12H2,(H,19,20,23). The summed E-state index contributed by atoms with van der Waals surface area (Å²) in [5.74, 6) is 1.12. The summed E-state index contributed by atoms with van der Waals surface area (Å²) in [5.41, 5.74) is 3.77. The van der Waals surface area contributed by atoms with E-state index >= 15 is 0 Å². The van der Waals surface area contributed by atoms with E-state index in [1.165, 1.54) is 29.7 Å². The second kappa shape index (κ2) is 6.37. The molecule has 2 aliphatic rings. The second-order valence-electron chi connectivity index (χ2n) is 6.37. The number of nitrogens with one attached hydrogen (secondary N) is 1. The number of anilines is 1. The molecule has 1 N–H and O–H groups in total. The zero-order valence-corrected chi connectivity index (χ0v) is 14.0. The number of pyridine rings is 1. The molecule has 0 unspecified atom stereocenters. The zero-order chi connectivity index (χ0) is 15.6. The molecule has 1 fully saturated rings. The molecule has 2 aliphatic heterocycles. The van der Waals surface area contributed by atoms with Crippen molar-refractivity contribution in [3.05, 3.63) is 46.1 Å². The van der Waals surface area contributed by atoms with Crippen LogP contribution in [0.2, 0.25) is 0 Å². The second-order valence-corrected chi connectivity index (χ2v) is 6.76. The molecule has 0 radical (unpaired) electrons. The van der Waals surface area contributed by atoms with Crippen LogP contribution in [0.5, 0.6) is 0 Å². The molecule has 0 aliphatic carbocycles. The summed E-state index contributed by atoms with van der Waals surface area (Å²) >= 11 is 5.10. The molecule has 2 aromatic heterocycles. The minimum Gasteiger partial charge on any atom is -0.357 e. The summed E-state index contributed by atoms with van der Waals surface area (Å²) < 4.78 is 0.582. The summed E-state index contributed by atoms with van der Waals surface area (Å²) in [5, 5.41) is 0. The molecule has 0 spiro atoms. The van der Waals surface area contributed by atoms with Gasteiger partial charge in [-0.05, 0) is 36.7 Å². The molecule has 6 heteroatoms. The highest BCUT2D eigenvalue weighted by molar-refractivity contribution is 7.71. The number of aromatic amines is 1. The molecule has 4 heterocycles. The average Bonchev–Trinajstić information content (AvgIpc) is 3.10. The third-order valence-electron chi connectivity index (χ3n) is 4.70. The molecular weight excluding hydrogens is 306 g/mol. The predicted octanol–water partition coefficient (Wildman–Crippen LogP) is 2.69. The van der Waals surface area contributed by atoms with Gasteiger partial charge in [0.15, 0.2) is 4.77 Å². The molecule has 4 rings (SSSR count). The Morgan fingerprint density at radius 1 is 1.09 bits per heavy atom. The van der Waals surface area contributed by atoms with E-state index in [0.717, 1.165) is 45.0 Å². The Morgan fingerprint density at radius 2 is 1.96 bits per heavy atom. The Morgan fingerprint density at radius 3 is 2.74 bits per heavy atom. The van der Waals surface area contributed by atoms with Gasteiger partial charge in [-0.15, -0.1) is 0 Å². The maximum atomic E-state index is 5.10. The number of H-pyrrole nitrogens is 1. The van der Waals surface area contributed by atoms with Gasteiger partial charge in [0.05, 0.1) is 0 Å². The van der Waals surface area contributed by atoms with Crippen LogP contribution in [0.1, 0.15) is 29.7 Å². The zero-order valence-electron chi connectivity index (χ0n) is 13.2. The van der Waals surface area contributed by atoms with Crippen molar-refractivity contribution in [3.8, 4) is 0 Å². The lowest BCUT2D eigenvalue weighted by molar-refractivity contribution is 0.242. The molecule has 0 bridgehead atoms. The highest BCUT2D eigenvalue weighted by Gasteiger charge is 2.18. The summed E-state index contributed by atoms with van der Waals surface area (Å²) in [6.45, 7) is 5.17. The number of nitrogens with zero attached hydrogens (tertiary/aromatic N) is 4. The average molecular weight is 327 g/mol. The third kappa shape index (κ3) is 3.28. The molecule has 0 atom stereocenters. The van der Waals surface area contributed by atoms with Crippen LogP contribution >= 0.6 is 12.2 Å². The molecule has 2 aromatic rings. The fraction of sp³-hybridized carbons (Fsp3) is 0.471. The van der Waals surface area contributed by atoms with Gasteiger partial charge in [-0.2, -0.15) is 0 Å². The van der Waals surface area contributed by atoms with Crippen LogP contribution in [-0.2, 0) is 19.5 Å². The first-order valence-corrected chi connectivity index (χ1v) is 8.68. The quantitative estimate of drug-likeness (QED) is 0.879. The van der Waals surface area contributed by atoms with Crippen molar-refractivity contribution in [2.24, 2.45) is 0 Å². The van der Waals surface area contributed by atoms with Gasteiger partial charge in [0.1, 0.15) is 5.82 Å². The first-order valence-electron chi connectivity index (χ1n) is 8.27. The lowest BCUT2D eigenvalue weighted by atomic mass is 10.1. The Labute approximate surface area is 141 Å². The van der Waals surface area contributed by atoms with Crippen molar-refractivity contribution < 1.29 is 0 Å². The number of hydrogen-bond acceptors (Lipinski definition) is 5. The van der Waals surface area contributed by atoms with E-state index in [0.29, 0.717) is 4.77 Å². The number of rotatable bonds is 3. The van der Waals surface area contributed by atoms with Gasteiger partial charge >= 0.3 is 0 Å². The van der Waals surface area contributed by atoms with Crippen molar-refractivity contribution in [1.29, 1.82) is 0 Å². The topological polar surface area (TPSA) is 48.1 Å². The summed E-state index contributed by atoms with van der Waals surface area (Å²) in [4.78, 5) is 16.9. The van der Waals surface area contributed by atoms with Crippen LogP contribution in [0.25, 0.3) is 0 Å². The van der Waals surface area contributed by atoms with Crippen LogP contribution in [0, 0.1) is 4.77 Å². The van der Waals surface area contributed by atoms with E-state index in [-0.39, 0.29) is 0 Å². The van der Waals surface area contributed by atoms with E-state index in [9.17, 15) is 0 Å². The predicted molar refractivity (Wildman–Crippen MR) is 92.9 cm³/mol. The monoisotopic (exact) mass is 327 g/mol. The fourth-order valence-electron chi connectivity index (χ4n) is 3.44. The van der Waals surface area contributed by atoms with Crippen LogP contribution in [0.3, 0.4) is 0 Å². The lowest BCUT2D eigenvalue weighted by Gasteiger charge is -2.28. The normalized spacial score (nSPS) is 18.2. The Balaban J connectivity index is 1.42. The van der Waals surface area contributed by atoms with Crippen molar-refractivity contribution in [1.82, 2.24) is 19.9 Å². The number of hydrogen-bond donors (Lipinski definition) is 1. The van der Waals surface area contributed by atoms with E-state index < -0.39 is 0 Å². The maximum Gasteiger partial charge on any atom is 0.196 e. The lowest BCUT2D eigenvalue weighted by Crippen LogP contribution is -2.31. The van der Waals surface area contributed by atoms with Gasteiger partial charge in [0.25, 0.3) is 0 Å². The highest BCUT2D eigenvalue weighted by Crippen LogP contribution is 2.20. The van der Waals surface area contributed by atoms with E-state index in [2.05, 4.69) is 36.9 Å². The van der Waals surface area contributed by atoms with Crippen LogP contribution in [0.4, 0.5) is 5.82 Å². The van der Waals surface area contributed by atoms with E-state index in [4.69, 9.17) is 12.2 Å². The van der Waals surface area contributed by atoms with Gasteiger partial charge in [-0.3, -0.25) is 4.90 Å². The first-order chi connectivity index (χ1) is 11.3. The van der Waals surface area contributed by atoms with Crippen molar-refractivity contribution in [2.45, 2.75) is 32.4 Å². The smallest absolute Gasteiger partial charge is 0.196 e. The minimum absolute atomic E-state index is 0.582. The first kappa shape index (κ1) is 14.8. The Hall–Kier alpha value is -1.79. The van der Waals surface area contributed by atoms with Crippen molar-refractivity contribution >= 4 is 18.0 Å². The maximum absolute atomic E-state index is 5.10. The fourth-order valence-corrected chi connectivity index (χ4v) is 3.62. The molecule has 0 aromatic carbocycles. The van der Waals surface area contributed by atoms with Gasteiger partial charge < -0.3 is 9.88 Å². The van der Waals surface area contributed by atoms with Gasteiger partial charge in [-0.25, -0.2) is 9.97 Å². The largest absolute Gasteiger partial charge is 0.357 e. The van der Waals surface area contributed by atoms with Crippen molar-refractivity contribution in [3.63, 3.8) is 0 Å². The summed E-state index contributed by atoms with van der Waals surface area (Å²) in [6, 6.07) is 4.38. The minimum atomic E-state index is 0.582.